The molecule has 1 aliphatic rings. The Bertz CT molecular complexity index is 160. The predicted molar refractivity (Wildman–Crippen MR) is 58.3 cm³/mol. The van der Waals surface area contributed by atoms with E-state index in [1.54, 1.807) is 0 Å². The molecule has 1 rings (SSSR count). The van der Waals surface area contributed by atoms with Crippen molar-refractivity contribution in [3.63, 3.8) is 0 Å². The van der Waals surface area contributed by atoms with Crippen molar-refractivity contribution in [1.82, 2.24) is 0 Å². The number of aliphatic hydroxyl groups is 1. The Balaban J connectivity index is 2.17. The summed E-state index contributed by atoms with van der Waals surface area (Å²) in [5.74, 6) is 0. The van der Waals surface area contributed by atoms with Crippen LogP contribution in [0.1, 0.15) is 52.9 Å². The molecule has 0 aromatic carbocycles. The van der Waals surface area contributed by atoms with E-state index in [-0.39, 0.29) is 12.2 Å². The number of ether oxygens (including phenoxy) is 1. The van der Waals surface area contributed by atoms with Gasteiger partial charge in [0.1, 0.15) is 0 Å². The smallest absolute Gasteiger partial charge is 0.0833 e. The number of rotatable bonds is 3. The zero-order valence-corrected chi connectivity index (χ0v) is 9.75. The maximum Gasteiger partial charge on any atom is 0.0833 e. The molecule has 0 aliphatic heterocycles. The summed E-state index contributed by atoms with van der Waals surface area (Å²) in [5.41, 5.74) is 0.333. The SMILES string of the molecule is CC(C)(C)CCOC1CCCCC1O. The maximum atomic E-state index is 9.67. The van der Waals surface area contributed by atoms with Gasteiger partial charge in [0, 0.05) is 6.61 Å². The van der Waals surface area contributed by atoms with Crippen molar-refractivity contribution in [2.75, 3.05) is 6.61 Å². The van der Waals surface area contributed by atoms with Crippen molar-refractivity contribution in [1.29, 1.82) is 0 Å². The highest BCUT2D eigenvalue weighted by Gasteiger charge is 2.23. The number of aliphatic hydroxyl groups excluding tert-OH is 1. The van der Waals surface area contributed by atoms with E-state index in [0.29, 0.717) is 5.41 Å². The fourth-order valence-electron chi connectivity index (χ4n) is 1.79. The predicted octanol–water partition coefficient (Wildman–Crippen LogP) is 2.74. The van der Waals surface area contributed by atoms with E-state index in [9.17, 15) is 5.11 Å². The minimum atomic E-state index is -0.219. The van der Waals surface area contributed by atoms with Crippen LogP contribution < -0.4 is 0 Å². The van der Waals surface area contributed by atoms with Gasteiger partial charge in [-0.2, -0.15) is 0 Å². The summed E-state index contributed by atoms with van der Waals surface area (Å²) in [7, 11) is 0. The highest BCUT2D eigenvalue weighted by atomic mass is 16.5. The average molecular weight is 200 g/mol. The molecule has 2 nitrogen and oxygen atoms in total. The molecule has 0 bridgehead atoms. The lowest BCUT2D eigenvalue weighted by molar-refractivity contribution is -0.0640. The lowest BCUT2D eigenvalue weighted by atomic mass is 9.92. The standard InChI is InChI=1S/C12H24O2/c1-12(2,3)8-9-14-11-7-5-4-6-10(11)13/h10-11,13H,4-9H2,1-3H3. The first-order chi connectivity index (χ1) is 6.49. The maximum absolute atomic E-state index is 9.67. The molecule has 0 spiro atoms. The van der Waals surface area contributed by atoms with Crippen molar-refractivity contribution in [2.24, 2.45) is 5.41 Å². The molecule has 1 saturated carbocycles. The molecule has 14 heavy (non-hydrogen) atoms. The first kappa shape index (κ1) is 12.0. The van der Waals surface area contributed by atoms with Gasteiger partial charge in [-0.05, 0) is 24.7 Å². The number of hydrogen-bond acceptors (Lipinski definition) is 2. The van der Waals surface area contributed by atoms with Gasteiger partial charge in [0.2, 0.25) is 0 Å². The van der Waals surface area contributed by atoms with Gasteiger partial charge in [-0.25, -0.2) is 0 Å². The normalized spacial score (nSPS) is 29.1. The Morgan fingerprint density at radius 1 is 1.21 bits per heavy atom. The largest absolute Gasteiger partial charge is 0.390 e. The van der Waals surface area contributed by atoms with Crippen LogP contribution in [0.5, 0.6) is 0 Å². The molecule has 1 aliphatic carbocycles. The molecule has 0 amide bonds. The second-order valence-electron chi connectivity index (χ2n) is 5.57. The van der Waals surface area contributed by atoms with Crippen LogP contribution in [0.15, 0.2) is 0 Å². The summed E-state index contributed by atoms with van der Waals surface area (Å²) in [5, 5.41) is 9.67. The van der Waals surface area contributed by atoms with Crippen LogP contribution in [0.3, 0.4) is 0 Å². The molecule has 0 saturated heterocycles. The fraction of sp³-hybridized carbons (Fsp3) is 1.00. The van der Waals surface area contributed by atoms with Gasteiger partial charge in [0.15, 0.2) is 0 Å². The zero-order valence-electron chi connectivity index (χ0n) is 9.75. The van der Waals surface area contributed by atoms with Crippen molar-refractivity contribution in [3.8, 4) is 0 Å². The Morgan fingerprint density at radius 3 is 2.43 bits per heavy atom. The van der Waals surface area contributed by atoms with E-state index in [1.165, 1.54) is 6.42 Å². The van der Waals surface area contributed by atoms with E-state index < -0.39 is 0 Å². The molecule has 2 heteroatoms. The van der Waals surface area contributed by atoms with Gasteiger partial charge in [0.25, 0.3) is 0 Å². The van der Waals surface area contributed by atoms with Gasteiger partial charge >= 0.3 is 0 Å². The van der Waals surface area contributed by atoms with Crippen LogP contribution in [-0.4, -0.2) is 23.9 Å². The molecule has 1 fully saturated rings. The summed E-state index contributed by atoms with van der Waals surface area (Å²) in [4.78, 5) is 0. The highest BCUT2D eigenvalue weighted by Crippen LogP contribution is 2.23. The van der Waals surface area contributed by atoms with Crippen LogP contribution >= 0.6 is 0 Å². The molecule has 1 N–H and O–H groups in total. The zero-order chi connectivity index (χ0) is 10.6. The summed E-state index contributed by atoms with van der Waals surface area (Å²) in [6.07, 6.45) is 5.26. The monoisotopic (exact) mass is 200 g/mol. The summed E-state index contributed by atoms with van der Waals surface area (Å²) in [6, 6.07) is 0. The molecule has 84 valence electrons. The van der Waals surface area contributed by atoms with Gasteiger partial charge in [0.05, 0.1) is 12.2 Å². The molecule has 0 heterocycles. The summed E-state index contributed by atoms with van der Waals surface area (Å²) < 4.78 is 5.72. The van der Waals surface area contributed by atoms with Crippen LogP contribution in [-0.2, 0) is 4.74 Å². The molecule has 0 radical (unpaired) electrons. The second kappa shape index (κ2) is 5.13. The average Bonchev–Trinajstić information content (AvgIpc) is 2.06. The van der Waals surface area contributed by atoms with Crippen LogP contribution in [0.2, 0.25) is 0 Å². The summed E-state index contributed by atoms with van der Waals surface area (Å²) in [6.45, 7) is 7.43. The quantitative estimate of drug-likeness (QED) is 0.759. The van der Waals surface area contributed by atoms with E-state index in [0.717, 1.165) is 32.3 Å². The molecule has 2 unspecified atom stereocenters. The van der Waals surface area contributed by atoms with Gasteiger partial charge in [-0.3, -0.25) is 0 Å². The molecular formula is C12H24O2. The second-order valence-corrected chi connectivity index (χ2v) is 5.57. The lowest BCUT2D eigenvalue weighted by Crippen LogP contribution is -2.33. The molecule has 0 aromatic rings. The minimum Gasteiger partial charge on any atom is -0.390 e. The van der Waals surface area contributed by atoms with Crippen molar-refractivity contribution < 1.29 is 9.84 Å². The van der Waals surface area contributed by atoms with Crippen molar-refractivity contribution in [3.05, 3.63) is 0 Å². The van der Waals surface area contributed by atoms with E-state index >= 15 is 0 Å². The summed E-state index contributed by atoms with van der Waals surface area (Å²) >= 11 is 0. The number of hydrogen-bond donors (Lipinski definition) is 1. The van der Waals surface area contributed by atoms with E-state index in [2.05, 4.69) is 20.8 Å². The topological polar surface area (TPSA) is 29.5 Å². The Labute approximate surface area is 87.7 Å². The third-order valence-electron chi connectivity index (χ3n) is 2.85. The molecule has 2 atom stereocenters. The van der Waals surface area contributed by atoms with Crippen LogP contribution in [0, 0.1) is 5.41 Å². The first-order valence-corrected chi connectivity index (χ1v) is 5.79. The van der Waals surface area contributed by atoms with E-state index in [4.69, 9.17) is 4.74 Å². The molecular weight excluding hydrogens is 176 g/mol. The third-order valence-corrected chi connectivity index (χ3v) is 2.85. The van der Waals surface area contributed by atoms with E-state index in [1.807, 2.05) is 0 Å². The van der Waals surface area contributed by atoms with Crippen LogP contribution in [0.4, 0.5) is 0 Å². The fourth-order valence-corrected chi connectivity index (χ4v) is 1.79. The van der Waals surface area contributed by atoms with Gasteiger partial charge in [-0.15, -0.1) is 0 Å². The van der Waals surface area contributed by atoms with Crippen molar-refractivity contribution in [2.45, 2.75) is 65.1 Å². The third kappa shape index (κ3) is 4.43. The highest BCUT2D eigenvalue weighted by molar-refractivity contribution is 4.75. The van der Waals surface area contributed by atoms with Crippen LogP contribution in [0.25, 0.3) is 0 Å². The van der Waals surface area contributed by atoms with Crippen molar-refractivity contribution >= 4 is 0 Å². The first-order valence-electron chi connectivity index (χ1n) is 5.79. The minimum absolute atomic E-state index is 0.103. The van der Waals surface area contributed by atoms with Gasteiger partial charge < -0.3 is 9.84 Å². The molecule has 0 aromatic heterocycles. The Hall–Kier alpha value is -0.0800. The Morgan fingerprint density at radius 2 is 1.86 bits per heavy atom. The van der Waals surface area contributed by atoms with Gasteiger partial charge in [-0.1, -0.05) is 33.6 Å². The Kier molecular flexibility index (Phi) is 4.39. The lowest BCUT2D eigenvalue weighted by Gasteiger charge is -2.29.